The van der Waals surface area contributed by atoms with Crippen LogP contribution in [0.3, 0.4) is 0 Å². The van der Waals surface area contributed by atoms with Crippen molar-refractivity contribution in [3.8, 4) is 0 Å². The Morgan fingerprint density at radius 3 is 0.400 bits per heavy atom. The van der Waals surface area contributed by atoms with Crippen molar-refractivity contribution < 1.29 is 0 Å². The van der Waals surface area contributed by atoms with Gasteiger partial charge in [0.15, 0.2) is 0 Å². The maximum atomic E-state index is 2.12. The molecule has 0 aromatic rings. The second-order valence-electron chi connectivity index (χ2n) is 1.41. The van der Waals surface area contributed by atoms with Crippen LogP contribution in [0.4, 0.5) is 0 Å². The fraction of sp³-hybridized carbons (Fsp3) is 1.00. The van der Waals surface area contributed by atoms with Crippen molar-refractivity contribution >= 4 is 0 Å². The second-order valence-corrected chi connectivity index (χ2v) is 1.41. The predicted octanol–water partition coefficient (Wildman–Crippen LogP) is 7.82. The zero-order chi connectivity index (χ0) is 11.4. The van der Waals surface area contributed by atoms with E-state index in [9.17, 15) is 0 Å². The molecule has 0 aliphatic rings. The molecule has 0 aromatic heterocycles. The van der Waals surface area contributed by atoms with Gasteiger partial charge in [-0.3, -0.25) is 0 Å². The molecule has 0 saturated heterocycles. The lowest BCUT2D eigenvalue weighted by molar-refractivity contribution is 1.09. The molecule has 0 bridgehead atoms. The minimum absolute atomic E-state index is 0. The summed E-state index contributed by atoms with van der Waals surface area (Å²) in [6.45, 7) is 20.5. The van der Waals surface area contributed by atoms with E-state index >= 15 is 0 Å². The minimum Gasteiger partial charge on any atom is -0.0776 e. The van der Waals surface area contributed by atoms with Gasteiger partial charge < -0.3 is 0 Å². The largest absolute Gasteiger partial charge is 0.0776 e. The summed E-state index contributed by atoms with van der Waals surface area (Å²) in [5.41, 5.74) is 0. The van der Waals surface area contributed by atoms with Crippen LogP contribution in [0.2, 0.25) is 0 Å². The van der Waals surface area contributed by atoms with Crippen LogP contribution in [0.25, 0.3) is 0 Å². The lowest BCUT2D eigenvalue weighted by Crippen LogP contribution is -1.27. The van der Waals surface area contributed by atoms with Crippen LogP contribution >= 0.6 is 0 Å². The molecule has 0 unspecified atom stereocenters. The SMILES string of the molecule is C.C.C.CC.CC.CC.CCC.CCC. The fourth-order valence-corrected chi connectivity index (χ4v) is 0. The first-order valence-corrected chi connectivity index (χ1v) is 5.83. The molecule has 0 heterocycles. The first kappa shape index (κ1) is 60.0. The van der Waals surface area contributed by atoms with Crippen molar-refractivity contribution in [2.75, 3.05) is 0 Å². The Balaban J connectivity index is -0.00000000658. The molecule has 0 spiro atoms. The molecule has 0 atom stereocenters. The highest BCUT2D eigenvalue weighted by Gasteiger charge is 1.36. The summed E-state index contributed by atoms with van der Waals surface area (Å²) >= 11 is 0. The summed E-state index contributed by atoms with van der Waals surface area (Å²) in [7, 11) is 0. The van der Waals surface area contributed by atoms with E-state index in [2.05, 4.69) is 27.7 Å². The lowest BCUT2D eigenvalue weighted by atomic mass is 10.6. The Morgan fingerprint density at radius 2 is 0.400 bits per heavy atom. The monoisotopic (exact) mass is 226 g/mol. The maximum Gasteiger partial charge on any atom is -0.0590 e. The van der Waals surface area contributed by atoms with E-state index in [1.807, 2.05) is 41.5 Å². The van der Waals surface area contributed by atoms with E-state index < -0.39 is 0 Å². The summed E-state index contributed by atoms with van der Waals surface area (Å²) in [5, 5.41) is 0. The molecule has 0 aromatic carbocycles. The van der Waals surface area contributed by atoms with Gasteiger partial charge in [0.05, 0.1) is 0 Å². The summed E-state index contributed by atoms with van der Waals surface area (Å²) in [4.78, 5) is 0. The second kappa shape index (κ2) is 592. The third kappa shape index (κ3) is 0. The van der Waals surface area contributed by atoms with E-state index in [1.54, 1.807) is 0 Å². The first-order valence-electron chi connectivity index (χ1n) is 5.83. The maximum absolute atomic E-state index is 2.12. The van der Waals surface area contributed by atoms with E-state index in [0.717, 1.165) is 0 Å². The van der Waals surface area contributed by atoms with Gasteiger partial charge in [0.1, 0.15) is 0 Å². The molecular formula is C15H46. The Labute approximate surface area is 105 Å². The van der Waals surface area contributed by atoms with Crippen molar-refractivity contribution in [2.45, 2.75) is 104 Å². The fourth-order valence-electron chi connectivity index (χ4n) is 0. The average Bonchev–Trinajstić information content (AvgIpc) is 2.16. The first-order chi connectivity index (χ1) is 5.83. The zero-order valence-electron chi connectivity index (χ0n) is 11.4. The molecule has 0 saturated carbocycles. The predicted molar refractivity (Wildman–Crippen MR) is 86.2 cm³/mol. The van der Waals surface area contributed by atoms with Crippen molar-refractivity contribution in [3.05, 3.63) is 0 Å². The summed E-state index contributed by atoms with van der Waals surface area (Å²) in [6, 6.07) is 0. The van der Waals surface area contributed by atoms with E-state index in [1.165, 1.54) is 12.8 Å². The van der Waals surface area contributed by atoms with Gasteiger partial charge in [0.25, 0.3) is 0 Å². The normalized spacial score (nSPS) is 3.60. The van der Waals surface area contributed by atoms with Crippen LogP contribution in [0.1, 0.15) is 104 Å². The average molecular weight is 227 g/mol. The molecule has 0 rings (SSSR count). The molecule has 0 heteroatoms. The highest BCUT2D eigenvalue weighted by Crippen LogP contribution is 1.56. The minimum atomic E-state index is 0. The molecule has 0 fully saturated rings. The quantitative estimate of drug-likeness (QED) is 0.395. The van der Waals surface area contributed by atoms with Gasteiger partial charge in [0.2, 0.25) is 0 Å². The van der Waals surface area contributed by atoms with Gasteiger partial charge in [-0.2, -0.15) is 0 Å². The van der Waals surface area contributed by atoms with Gasteiger partial charge in [-0.15, -0.1) is 0 Å². The molecule has 106 valence electrons. The van der Waals surface area contributed by atoms with Crippen molar-refractivity contribution in [1.82, 2.24) is 0 Å². The van der Waals surface area contributed by atoms with Crippen molar-refractivity contribution in [1.29, 1.82) is 0 Å². The van der Waals surface area contributed by atoms with Crippen LogP contribution < -0.4 is 0 Å². The number of hydrogen-bond acceptors (Lipinski definition) is 0. The molecule has 0 nitrogen and oxygen atoms in total. The highest BCUT2D eigenvalue weighted by molar-refractivity contribution is 3.92. The molecular weight excluding hydrogens is 180 g/mol. The number of hydrogen-bond donors (Lipinski definition) is 0. The van der Waals surface area contributed by atoms with Gasteiger partial charge in [-0.05, 0) is 0 Å². The van der Waals surface area contributed by atoms with Gasteiger partial charge in [-0.1, -0.05) is 104 Å². The standard InChI is InChI=1S/2C3H8.3C2H6.3CH4/c2*1-3-2;3*1-2;;;/h2*3H2,1-2H3;3*1-2H3;3*1H4. The van der Waals surface area contributed by atoms with E-state index in [-0.39, 0.29) is 22.3 Å². The van der Waals surface area contributed by atoms with Crippen LogP contribution in [-0.4, -0.2) is 0 Å². The smallest absolute Gasteiger partial charge is 0.0590 e. The summed E-state index contributed by atoms with van der Waals surface area (Å²) < 4.78 is 0. The van der Waals surface area contributed by atoms with Gasteiger partial charge >= 0.3 is 0 Å². The van der Waals surface area contributed by atoms with Gasteiger partial charge in [0, 0.05) is 0 Å². The molecule has 0 aliphatic heterocycles. The number of rotatable bonds is 0. The van der Waals surface area contributed by atoms with Gasteiger partial charge in [-0.25, -0.2) is 0 Å². The third-order valence-corrected chi connectivity index (χ3v) is 0. The lowest BCUT2D eigenvalue weighted by Gasteiger charge is -1.48. The van der Waals surface area contributed by atoms with Crippen molar-refractivity contribution in [2.24, 2.45) is 0 Å². The van der Waals surface area contributed by atoms with Crippen LogP contribution in [0.5, 0.6) is 0 Å². The molecule has 0 aliphatic carbocycles. The zero-order valence-corrected chi connectivity index (χ0v) is 11.4. The topological polar surface area (TPSA) is 0 Å². The molecule has 15 heavy (non-hydrogen) atoms. The Bertz CT molecular complexity index is 2.00. The Hall–Kier alpha value is 0. The third-order valence-electron chi connectivity index (χ3n) is 0. The van der Waals surface area contributed by atoms with E-state index in [0.29, 0.717) is 0 Å². The van der Waals surface area contributed by atoms with E-state index in [4.69, 9.17) is 0 Å². The van der Waals surface area contributed by atoms with Crippen LogP contribution in [0.15, 0.2) is 0 Å². The van der Waals surface area contributed by atoms with Crippen LogP contribution in [-0.2, 0) is 0 Å². The highest BCUT2D eigenvalue weighted by atomic mass is 13.4. The molecule has 0 N–H and O–H groups in total. The molecule has 0 radical (unpaired) electrons. The van der Waals surface area contributed by atoms with Crippen molar-refractivity contribution in [3.63, 3.8) is 0 Å². The Morgan fingerprint density at radius 1 is 0.400 bits per heavy atom. The Kier molecular flexibility index (Phi) is 2370. The summed E-state index contributed by atoms with van der Waals surface area (Å²) in [6.07, 6.45) is 2.50. The molecule has 0 amide bonds. The summed E-state index contributed by atoms with van der Waals surface area (Å²) in [5.74, 6) is 0. The van der Waals surface area contributed by atoms with Crippen LogP contribution in [0, 0.1) is 0 Å².